The highest BCUT2D eigenvalue weighted by atomic mass is 16.1. The third kappa shape index (κ3) is 2.26. The van der Waals surface area contributed by atoms with Crippen LogP contribution in [-0.2, 0) is 17.6 Å². The Morgan fingerprint density at radius 3 is 2.00 bits per heavy atom. The molecule has 2 nitrogen and oxygen atoms in total. The van der Waals surface area contributed by atoms with Gasteiger partial charge >= 0.3 is 0 Å². The first kappa shape index (κ1) is 12.0. The molecule has 1 aliphatic carbocycles. The number of aryl methyl sites for hydroxylation is 2. The second-order valence-corrected chi connectivity index (χ2v) is 4.98. The molecule has 2 heteroatoms. The number of hydrogen-bond acceptors (Lipinski definition) is 1. The van der Waals surface area contributed by atoms with E-state index in [1.807, 2.05) is 0 Å². The monoisotopic (exact) mass is 251 g/mol. The molecule has 0 aromatic heterocycles. The molecule has 2 aromatic carbocycles. The van der Waals surface area contributed by atoms with Crippen molar-refractivity contribution in [2.45, 2.75) is 18.8 Å². The van der Waals surface area contributed by atoms with E-state index >= 15 is 0 Å². The van der Waals surface area contributed by atoms with Gasteiger partial charge in [0.15, 0.2) is 0 Å². The first-order valence-corrected chi connectivity index (χ1v) is 6.73. The molecule has 1 aliphatic rings. The van der Waals surface area contributed by atoms with Crippen LogP contribution < -0.4 is 5.32 Å². The van der Waals surface area contributed by atoms with Crippen LogP contribution in [0.2, 0.25) is 0 Å². The lowest BCUT2D eigenvalue weighted by atomic mass is 9.88. The summed E-state index contributed by atoms with van der Waals surface area (Å²) in [5.74, 6) is 0.264. The van der Waals surface area contributed by atoms with Crippen molar-refractivity contribution in [3.8, 4) is 0 Å². The molecule has 96 valence electrons. The van der Waals surface area contributed by atoms with E-state index in [1.165, 1.54) is 22.3 Å². The maximum absolute atomic E-state index is 10.6. The Kier molecular flexibility index (Phi) is 3.32. The van der Waals surface area contributed by atoms with Gasteiger partial charge < -0.3 is 5.32 Å². The van der Waals surface area contributed by atoms with Crippen molar-refractivity contribution in [2.24, 2.45) is 0 Å². The largest absolute Gasteiger partial charge is 0.358 e. The normalized spacial score (nSPS) is 14.1. The number of carbonyl (C=O) groups is 1. The smallest absolute Gasteiger partial charge is 0.207 e. The number of hydrogen-bond donors (Lipinski definition) is 1. The van der Waals surface area contributed by atoms with Gasteiger partial charge in [0.05, 0.1) is 0 Å². The molecule has 2 aromatic rings. The summed E-state index contributed by atoms with van der Waals surface area (Å²) in [6.07, 6.45) is 2.94. The highest BCUT2D eigenvalue weighted by Crippen LogP contribution is 2.33. The molecule has 19 heavy (non-hydrogen) atoms. The third-order valence-electron chi connectivity index (χ3n) is 3.93. The molecule has 1 amide bonds. The van der Waals surface area contributed by atoms with Crippen LogP contribution in [0, 0.1) is 0 Å². The van der Waals surface area contributed by atoms with Crippen LogP contribution in [0.15, 0.2) is 48.5 Å². The first-order chi connectivity index (χ1) is 9.40. The minimum absolute atomic E-state index is 0.264. The first-order valence-electron chi connectivity index (χ1n) is 6.73. The Balaban J connectivity index is 2.10. The van der Waals surface area contributed by atoms with E-state index in [2.05, 4.69) is 53.8 Å². The fourth-order valence-electron chi connectivity index (χ4n) is 3.03. The zero-order valence-electron chi connectivity index (χ0n) is 10.8. The van der Waals surface area contributed by atoms with E-state index in [0.717, 1.165) is 19.3 Å². The molecule has 0 saturated carbocycles. The molecule has 0 heterocycles. The van der Waals surface area contributed by atoms with Crippen molar-refractivity contribution in [3.63, 3.8) is 0 Å². The lowest BCUT2D eigenvalue weighted by Gasteiger charge is -2.19. The lowest BCUT2D eigenvalue weighted by molar-refractivity contribution is -0.109. The highest BCUT2D eigenvalue weighted by Gasteiger charge is 2.22. The van der Waals surface area contributed by atoms with E-state index in [1.54, 1.807) is 0 Å². The zero-order chi connectivity index (χ0) is 13.1. The minimum Gasteiger partial charge on any atom is -0.358 e. The van der Waals surface area contributed by atoms with Gasteiger partial charge in [0.1, 0.15) is 0 Å². The standard InChI is InChI=1S/C17H17NO/c19-12-18-11-17-15-7-3-1-5-13(15)9-10-14-6-2-4-8-16(14)17/h1-8,12,17H,9-11H2,(H,18,19). The van der Waals surface area contributed by atoms with Crippen molar-refractivity contribution in [2.75, 3.05) is 6.54 Å². The van der Waals surface area contributed by atoms with Gasteiger partial charge in [0.25, 0.3) is 0 Å². The average Bonchev–Trinajstić information content (AvgIpc) is 2.62. The second kappa shape index (κ2) is 5.27. The van der Waals surface area contributed by atoms with Gasteiger partial charge in [-0.15, -0.1) is 0 Å². The average molecular weight is 251 g/mol. The van der Waals surface area contributed by atoms with Crippen LogP contribution in [0.25, 0.3) is 0 Å². The minimum atomic E-state index is 0.264. The summed E-state index contributed by atoms with van der Waals surface area (Å²) in [5.41, 5.74) is 5.50. The molecular weight excluding hydrogens is 234 g/mol. The number of amides is 1. The van der Waals surface area contributed by atoms with Crippen LogP contribution in [0.5, 0.6) is 0 Å². The molecule has 0 radical (unpaired) electrons. The summed E-state index contributed by atoms with van der Waals surface area (Å²) in [6.45, 7) is 0.664. The lowest BCUT2D eigenvalue weighted by Crippen LogP contribution is -2.21. The van der Waals surface area contributed by atoms with Gasteiger partial charge in [-0.25, -0.2) is 0 Å². The van der Waals surface area contributed by atoms with Crippen molar-refractivity contribution in [1.29, 1.82) is 0 Å². The Morgan fingerprint density at radius 2 is 1.47 bits per heavy atom. The maximum atomic E-state index is 10.6. The van der Waals surface area contributed by atoms with Crippen molar-refractivity contribution in [1.82, 2.24) is 5.32 Å². The summed E-state index contributed by atoms with van der Waals surface area (Å²) in [7, 11) is 0. The van der Waals surface area contributed by atoms with Crippen molar-refractivity contribution >= 4 is 6.41 Å². The summed E-state index contributed by atoms with van der Waals surface area (Å²) in [4.78, 5) is 10.6. The van der Waals surface area contributed by atoms with Crippen LogP contribution in [-0.4, -0.2) is 13.0 Å². The van der Waals surface area contributed by atoms with Crippen LogP contribution in [0.3, 0.4) is 0 Å². The third-order valence-corrected chi connectivity index (χ3v) is 3.93. The molecule has 0 spiro atoms. The van der Waals surface area contributed by atoms with E-state index in [4.69, 9.17) is 0 Å². The maximum Gasteiger partial charge on any atom is 0.207 e. The van der Waals surface area contributed by atoms with E-state index in [9.17, 15) is 4.79 Å². The Bertz CT molecular complexity index is 544. The fourth-order valence-corrected chi connectivity index (χ4v) is 3.03. The molecule has 0 fully saturated rings. The van der Waals surface area contributed by atoms with E-state index < -0.39 is 0 Å². The number of fused-ring (bicyclic) bond motifs is 2. The van der Waals surface area contributed by atoms with Crippen LogP contribution in [0.1, 0.15) is 28.2 Å². The number of benzene rings is 2. The Morgan fingerprint density at radius 1 is 0.947 bits per heavy atom. The van der Waals surface area contributed by atoms with Gasteiger partial charge in [-0.1, -0.05) is 48.5 Å². The Hall–Kier alpha value is -2.09. The molecule has 0 saturated heterocycles. The molecule has 0 unspecified atom stereocenters. The summed E-state index contributed by atoms with van der Waals surface area (Å²) < 4.78 is 0. The van der Waals surface area contributed by atoms with Gasteiger partial charge in [0.2, 0.25) is 6.41 Å². The zero-order valence-corrected chi connectivity index (χ0v) is 10.8. The van der Waals surface area contributed by atoms with Crippen LogP contribution >= 0.6 is 0 Å². The van der Waals surface area contributed by atoms with E-state index in [-0.39, 0.29) is 5.92 Å². The number of carbonyl (C=O) groups excluding carboxylic acids is 1. The highest BCUT2D eigenvalue weighted by molar-refractivity contribution is 5.49. The topological polar surface area (TPSA) is 29.1 Å². The predicted molar refractivity (Wildman–Crippen MR) is 76.2 cm³/mol. The van der Waals surface area contributed by atoms with Gasteiger partial charge in [-0.05, 0) is 35.1 Å². The van der Waals surface area contributed by atoms with Crippen LogP contribution in [0.4, 0.5) is 0 Å². The summed E-state index contributed by atoms with van der Waals surface area (Å²) in [6, 6.07) is 17.1. The SMILES string of the molecule is O=CNCC1c2ccccc2CCc2ccccc21. The second-order valence-electron chi connectivity index (χ2n) is 4.98. The number of rotatable bonds is 3. The molecular formula is C17H17NO. The Labute approximate surface area is 113 Å². The quantitative estimate of drug-likeness (QED) is 0.835. The molecule has 0 atom stereocenters. The van der Waals surface area contributed by atoms with Gasteiger partial charge in [0, 0.05) is 12.5 Å². The van der Waals surface area contributed by atoms with Crippen molar-refractivity contribution in [3.05, 3.63) is 70.8 Å². The molecule has 3 rings (SSSR count). The molecule has 0 bridgehead atoms. The van der Waals surface area contributed by atoms with Gasteiger partial charge in [-0.3, -0.25) is 4.79 Å². The summed E-state index contributed by atoms with van der Waals surface area (Å²) >= 11 is 0. The van der Waals surface area contributed by atoms with Crippen molar-refractivity contribution < 1.29 is 4.79 Å². The predicted octanol–water partition coefficient (Wildman–Crippen LogP) is 2.66. The fraction of sp³-hybridized carbons (Fsp3) is 0.235. The summed E-state index contributed by atoms with van der Waals surface area (Å²) in [5, 5.41) is 2.85. The molecule has 0 aliphatic heterocycles. The van der Waals surface area contributed by atoms with Gasteiger partial charge in [-0.2, -0.15) is 0 Å². The number of nitrogens with one attached hydrogen (secondary N) is 1. The van der Waals surface area contributed by atoms with E-state index in [0.29, 0.717) is 6.54 Å². The molecule has 1 N–H and O–H groups in total.